The zero-order valence-electron chi connectivity index (χ0n) is 19.5. The molecule has 2 aliphatic heterocycles. The summed E-state index contributed by atoms with van der Waals surface area (Å²) in [6.45, 7) is 9.18. The third-order valence-electron chi connectivity index (χ3n) is 6.50. The number of nitrogens with one attached hydrogen (secondary N) is 1. The first kappa shape index (κ1) is 23.4. The minimum absolute atomic E-state index is 0.295. The molecule has 1 aromatic carbocycles. The molecule has 172 valence electrons. The van der Waals surface area contributed by atoms with Crippen LogP contribution >= 0.6 is 0 Å². The van der Waals surface area contributed by atoms with Crippen molar-refractivity contribution in [3.05, 3.63) is 29.8 Å². The van der Waals surface area contributed by atoms with Crippen LogP contribution in [0.4, 0.5) is 0 Å². The van der Waals surface area contributed by atoms with Crippen LogP contribution in [-0.4, -0.2) is 93.1 Å². The lowest BCUT2D eigenvalue weighted by Gasteiger charge is -2.37. The summed E-state index contributed by atoms with van der Waals surface area (Å²) in [4.78, 5) is 23.6. The molecular weight excluding hydrogens is 390 g/mol. The highest BCUT2D eigenvalue weighted by atomic mass is 16.5. The summed E-state index contributed by atoms with van der Waals surface area (Å²) in [7, 11) is 3.54. The standard InChI is InChI=1S/C24H39N5O2/c1-20(21-7-9-22(31-3)10-8-21)11-12-26-24(25-2)29-17-15-27(16-18-29)19-23(30)28-13-5-4-6-14-28/h7-10,20H,4-6,11-19H2,1-3H3,(H,25,26). The van der Waals surface area contributed by atoms with Gasteiger partial charge in [0.25, 0.3) is 0 Å². The van der Waals surface area contributed by atoms with E-state index in [2.05, 4.69) is 39.2 Å². The highest BCUT2D eigenvalue weighted by molar-refractivity contribution is 5.80. The zero-order valence-corrected chi connectivity index (χ0v) is 19.5. The Hall–Kier alpha value is -2.28. The van der Waals surface area contributed by atoms with Gasteiger partial charge in [-0.15, -0.1) is 0 Å². The zero-order chi connectivity index (χ0) is 22.1. The molecule has 3 rings (SSSR count). The Labute approximate surface area is 187 Å². The van der Waals surface area contributed by atoms with Crippen LogP contribution in [0.1, 0.15) is 44.1 Å². The molecule has 2 saturated heterocycles. The Kier molecular flexibility index (Phi) is 9.00. The summed E-state index contributed by atoms with van der Waals surface area (Å²) >= 11 is 0. The molecule has 0 aliphatic carbocycles. The molecule has 2 heterocycles. The van der Waals surface area contributed by atoms with Crippen molar-refractivity contribution < 1.29 is 9.53 Å². The second-order valence-corrected chi connectivity index (χ2v) is 8.64. The Balaban J connectivity index is 1.38. The monoisotopic (exact) mass is 429 g/mol. The van der Waals surface area contributed by atoms with Gasteiger partial charge in [0.2, 0.25) is 5.91 Å². The molecule has 1 atom stereocenters. The number of piperidine rings is 1. The van der Waals surface area contributed by atoms with E-state index in [1.165, 1.54) is 12.0 Å². The van der Waals surface area contributed by atoms with Crippen molar-refractivity contribution in [2.24, 2.45) is 4.99 Å². The van der Waals surface area contributed by atoms with Crippen molar-refractivity contribution in [2.45, 2.75) is 38.5 Å². The highest BCUT2D eigenvalue weighted by Gasteiger charge is 2.24. The number of benzene rings is 1. The number of piperazine rings is 1. The molecule has 1 amide bonds. The molecule has 2 fully saturated rings. The minimum atomic E-state index is 0.295. The fourth-order valence-electron chi connectivity index (χ4n) is 4.38. The van der Waals surface area contributed by atoms with Gasteiger partial charge in [-0.25, -0.2) is 0 Å². The third-order valence-corrected chi connectivity index (χ3v) is 6.50. The Morgan fingerprint density at radius 3 is 2.32 bits per heavy atom. The molecular formula is C24H39N5O2. The molecule has 7 heteroatoms. The van der Waals surface area contributed by atoms with Crippen molar-refractivity contribution in [1.29, 1.82) is 0 Å². The summed E-state index contributed by atoms with van der Waals surface area (Å²) in [6, 6.07) is 8.33. The first-order valence-corrected chi connectivity index (χ1v) is 11.7. The number of ether oxygens (including phenoxy) is 1. The van der Waals surface area contributed by atoms with E-state index in [-0.39, 0.29) is 0 Å². The Bertz CT molecular complexity index is 707. The SMILES string of the molecule is CN=C(NCCC(C)c1ccc(OC)cc1)N1CCN(CC(=O)N2CCCCC2)CC1. The number of likely N-dealkylation sites (tertiary alicyclic amines) is 1. The Morgan fingerprint density at radius 2 is 1.71 bits per heavy atom. The number of hydrogen-bond acceptors (Lipinski definition) is 4. The average Bonchev–Trinajstić information content (AvgIpc) is 2.83. The molecule has 1 aromatic rings. The molecule has 0 saturated carbocycles. The van der Waals surface area contributed by atoms with Crippen LogP contribution in [0.25, 0.3) is 0 Å². The van der Waals surface area contributed by atoms with Crippen molar-refractivity contribution in [3.63, 3.8) is 0 Å². The van der Waals surface area contributed by atoms with Crippen molar-refractivity contribution in [2.75, 3.05) is 66.5 Å². The number of amides is 1. The summed E-state index contributed by atoms with van der Waals surface area (Å²) in [6.07, 6.45) is 4.60. The van der Waals surface area contributed by atoms with Crippen LogP contribution < -0.4 is 10.1 Å². The van der Waals surface area contributed by atoms with Gasteiger partial charge in [-0.1, -0.05) is 19.1 Å². The minimum Gasteiger partial charge on any atom is -0.497 e. The van der Waals surface area contributed by atoms with Gasteiger partial charge in [-0.2, -0.15) is 0 Å². The van der Waals surface area contributed by atoms with Crippen LogP contribution in [0.15, 0.2) is 29.3 Å². The summed E-state index contributed by atoms with van der Waals surface area (Å²) < 4.78 is 5.24. The highest BCUT2D eigenvalue weighted by Crippen LogP contribution is 2.21. The number of carbonyl (C=O) groups is 1. The molecule has 2 aliphatic rings. The van der Waals surface area contributed by atoms with Gasteiger partial charge >= 0.3 is 0 Å². The number of rotatable bonds is 7. The fraction of sp³-hybridized carbons (Fsp3) is 0.667. The molecule has 1 unspecified atom stereocenters. The number of methoxy groups -OCH3 is 1. The number of carbonyl (C=O) groups excluding carboxylic acids is 1. The normalized spacial score (nSPS) is 19.3. The molecule has 0 radical (unpaired) electrons. The van der Waals surface area contributed by atoms with Crippen molar-refractivity contribution >= 4 is 11.9 Å². The van der Waals surface area contributed by atoms with E-state index in [0.717, 1.165) is 76.8 Å². The van der Waals surface area contributed by atoms with E-state index >= 15 is 0 Å². The van der Waals surface area contributed by atoms with Gasteiger partial charge in [-0.05, 0) is 49.3 Å². The predicted molar refractivity (Wildman–Crippen MR) is 126 cm³/mol. The van der Waals surface area contributed by atoms with Gasteiger partial charge in [0, 0.05) is 52.9 Å². The number of guanidine groups is 1. The van der Waals surface area contributed by atoms with E-state index in [1.807, 2.05) is 24.1 Å². The molecule has 31 heavy (non-hydrogen) atoms. The lowest BCUT2D eigenvalue weighted by molar-refractivity contribution is -0.133. The van der Waals surface area contributed by atoms with Crippen LogP contribution in [-0.2, 0) is 4.79 Å². The van der Waals surface area contributed by atoms with Crippen LogP contribution in [0.5, 0.6) is 5.75 Å². The second kappa shape index (κ2) is 11.9. The van der Waals surface area contributed by atoms with Gasteiger partial charge in [0.15, 0.2) is 5.96 Å². The number of aliphatic imine (C=N–C) groups is 1. The summed E-state index contributed by atoms with van der Waals surface area (Å²) in [5.41, 5.74) is 1.32. The fourth-order valence-corrected chi connectivity index (χ4v) is 4.38. The van der Waals surface area contributed by atoms with E-state index < -0.39 is 0 Å². The van der Waals surface area contributed by atoms with E-state index in [4.69, 9.17) is 4.74 Å². The summed E-state index contributed by atoms with van der Waals surface area (Å²) in [5, 5.41) is 3.53. The maximum absolute atomic E-state index is 12.5. The molecule has 0 aromatic heterocycles. The van der Waals surface area contributed by atoms with Crippen LogP contribution in [0.3, 0.4) is 0 Å². The van der Waals surface area contributed by atoms with Crippen LogP contribution in [0.2, 0.25) is 0 Å². The maximum atomic E-state index is 12.5. The van der Waals surface area contributed by atoms with Gasteiger partial charge < -0.3 is 19.9 Å². The first-order chi connectivity index (χ1) is 15.1. The van der Waals surface area contributed by atoms with Gasteiger partial charge in [-0.3, -0.25) is 14.7 Å². The van der Waals surface area contributed by atoms with Gasteiger partial charge in [0.05, 0.1) is 13.7 Å². The largest absolute Gasteiger partial charge is 0.497 e. The third kappa shape index (κ3) is 6.86. The molecule has 1 N–H and O–H groups in total. The van der Waals surface area contributed by atoms with E-state index in [1.54, 1.807) is 7.11 Å². The smallest absolute Gasteiger partial charge is 0.236 e. The van der Waals surface area contributed by atoms with Crippen molar-refractivity contribution in [1.82, 2.24) is 20.0 Å². The topological polar surface area (TPSA) is 60.4 Å². The number of nitrogens with zero attached hydrogens (tertiary/aromatic N) is 4. The maximum Gasteiger partial charge on any atom is 0.236 e. The molecule has 7 nitrogen and oxygen atoms in total. The first-order valence-electron chi connectivity index (χ1n) is 11.7. The van der Waals surface area contributed by atoms with Crippen LogP contribution in [0, 0.1) is 0 Å². The van der Waals surface area contributed by atoms with Crippen molar-refractivity contribution in [3.8, 4) is 5.75 Å². The second-order valence-electron chi connectivity index (χ2n) is 8.64. The molecule has 0 bridgehead atoms. The quantitative estimate of drug-likeness (QED) is 0.533. The predicted octanol–water partition coefficient (Wildman–Crippen LogP) is 2.39. The van der Waals surface area contributed by atoms with E-state index in [0.29, 0.717) is 18.4 Å². The Morgan fingerprint density at radius 1 is 1.03 bits per heavy atom. The van der Waals surface area contributed by atoms with E-state index in [9.17, 15) is 4.79 Å². The number of hydrogen-bond donors (Lipinski definition) is 1. The average molecular weight is 430 g/mol. The lowest BCUT2D eigenvalue weighted by atomic mass is 9.98. The lowest BCUT2D eigenvalue weighted by Crippen LogP contribution is -2.54. The molecule has 0 spiro atoms. The summed E-state index contributed by atoms with van der Waals surface area (Å²) in [5.74, 6) is 2.62. The van der Waals surface area contributed by atoms with Gasteiger partial charge in [0.1, 0.15) is 5.75 Å².